The topological polar surface area (TPSA) is 160 Å². The lowest BCUT2D eigenvalue weighted by Gasteiger charge is -2.29. The molecule has 0 fully saturated rings. The molecule has 40 heavy (non-hydrogen) atoms. The number of nitrogens with one attached hydrogen (secondary N) is 1. The number of methoxy groups -OCH3 is 3. The number of rotatable bonds is 4. The molecule has 0 radical (unpaired) electrons. The maximum Gasteiger partial charge on any atom is 0.405 e. The molecule has 11 nitrogen and oxygen atoms in total. The van der Waals surface area contributed by atoms with Crippen LogP contribution in [0.25, 0.3) is 0 Å². The van der Waals surface area contributed by atoms with Gasteiger partial charge in [-0.05, 0) is 37.8 Å². The summed E-state index contributed by atoms with van der Waals surface area (Å²) >= 11 is 0. The lowest BCUT2D eigenvalue weighted by molar-refractivity contribution is -0.132. The Morgan fingerprint density at radius 2 is 1.65 bits per heavy atom. The van der Waals surface area contributed by atoms with Gasteiger partial charge >= 0.3 is 6.09 Å². The number of hydrogen-bond donors (Lipinski definition) is 2. The van der Waals surface area contributed by atoms with Gasteiger partial charge < -0.3 is 30.0 Å². The first-order valence-electron chi connectivity index (χ1n) is 12.8. The predicted octanol–water partition coefficient (Wildman–Crippen LogP) is 2.27. The van der Waals surface area contributed by atoms with E-state index in [-0.39, 0.29) is 29.0 Å². The van der Waals surface area contributed by atoms with Crippen LogP contribution in [-0.4, -0.2) is 75.1 Å². The van der Waals surface area contributed by atoms with Crippen molar-refractivity contribution >= 4 is 29.4 Å². The second kappa shape index (κ2) is 14.6. The standard InChI is InChI=1S/C29H38N2O9/c1-15-9-8-10-22(37-5)27(40-29(30)36)17(3)11-16(2)24(33)23(38-6)12-18(4)26(39-7)20-13-19(32)14-21(25(20)34)31-28(15)35/h8-11,13-14,16,18,22-23,26-27H,12H2,1-7H3,(H2,30,36)(H,31,35)/b10-8-,15-9+,17-11+/t16-,18-,22-,23-,26+,27-/m0/s1. The van der Waals surface area contributed by atoms with Gasteiger partial charge in [0, 0.05) is 44.5 Å². The highest BCUT2D eigenvalue weighted by molar-refractivity contribution is 6.22. The number of ether oxygens (including phenoxy) is 4. The monoisotopic (exact) mass is 558 g/mol. The van der Waals surface area contributed by atoms with Gasteiger partial charge in [0.15, 0.2) is 17.7 Å². The summed E-state index contributed by atoms with van der Waals surface area (Å²) in [6.45, 7) is 6.67. The zero-order chi connectivity index (χ0) is 30.1. The van der Waals surface area contributed by atoms with Gasteiger partial charge in [-0.15, -0.1) is 0 Å². The fourth-order valence-electron chi connectivity index (χ4n) is 4.70. The van der Waals surface area contributed by atoms with Crippen molar-refractivity contribution in [2.45, 2.75) is 58.5 Å². The summed E-state index contributed by atoms with van der Waals surface area (Å²) < 4.78 is 21.9. The molecular formula is C29H38N2O9. The summed E-state index contributed by atoms with van der Waals surface area (Å²) in [7, 11) is 4.21. The van der Waals surface area contributed by atoms with Crippen molar-refractivity contribution < 1.29 is 42.9 Å². The molecule has 2 aliphatic rings. The van der Waals surface area contributed by atoms with Crippen molar-refractivity contribution in [3.05, 3.63) is 58.9 Å². The Hall–Kier alpha value is -3.67. The third kappa shape index (κ3) is 8.17. The SMILES string of the molecule is CO[C@H]1C[C@H](C)[C@@H](OC)C2=CC(=O)C=C(NC(=O)/C(C)=C/C=C\[C@H](OC)[C@@H](OC(N)=O)/C(C)=C/[C@H](C)C1=O)C2=O. The van der Waals surface area contributed by atoms with Crippen molar-refractivity contribution in [1.82, 2.24) is 5.32 Å². The number of primary amides is 1. The molecule has 0 aromatic rings. The zero-order valence-electron chi connectivity index (χ0n) is 23.9. The summed E-state index contributed by atoms with van der Waals surface area (Å²) in [6, 6.07) is 0. The van der Waals surface area contributed by atoms with E-state index >= 15 is 0 Å². The van der Waals surface area contributed by atoms with Gasteiger partial charge in [-0.3, -0.25) is 19.2 Å². The number of carbonyl (C=O) groups is 5. The van der Waals surface area contributed by atoms with E-state index < -0.39 is 59.8 Å². The van der Waals surface area contributed by atoms with Crippen LogP contribution in [0.3, 0.4) is 0 Å². The van der Waals surface area contributed by atoms with E-state index in [1.807, 2.05) is 0 Å². The van der Waals surface area contributed by atoms with Crippen LogP contribution >= 0.6 is 0 Å². The minimum Gasteiger partial charge on any atom is -0.439 e. The van der Waals surface area contributed by atoms with E-state index in [0.29, 0.717) is 5.57 Å². The second-order valence-electron chi connectivity index (χ2n) is 9.83. The largest absolute Gasteiger partial charge is 0.439 e. The van der Waals surface area contributed by atoms with Crippen molar-refractivity contribution in [2.24, 2.45) is 17.6 Å². The molecule has 1 heterocycles. The van der Waals surface area contributed by atoms with Crippen molar-refractivity contribution in [2.75, 3.05) is 21.3 Å². The van der Waals surface area contributed by atoms with E-state index in [1.165, 1.54) is 46.5 Å². The van der Waals surface area contributed by atoms with Crippen LogP contribution < -0.4 is 11.1 Å². The van der Waals surface area contributed by atoms with Gasteiger partial charge in [0.25, 0.3) is 5.91 Å². The number of carbonyl (C=O) groups excluding carboxylic acids is 5. The van der Waals surface area contributed by atoms with E-state index in [4.69, 9.17) is 24.7 Å². The Bertz CT molecular complexity index is 1180. The number of fused-ring (bicyclic) bond motifs is 2. The van der Waals surface area contributed by atoms with Crippen molar-refractivity contribution in [3.8, 4) is 0 Å². The minimum atomic E-state index is -1.03. The van der Waals surface area contributed by atoms with Gasteiger partial charge in [0.05, 0.1) is 11.8 Å². The highest BCUT2D eigenvalue weighted by Gasteiger charge is 2.35. The number of Topliss-reactive ketones (excluding diaryl/α,β-unsaturated/α-hetero) is 2. The van der Waals surface area contributed by atoms with Crippen LogP contribution in [0, 0.1) is 11.8 Å². The first kappa shape index (κ1) is 32.5. The normalized spacial score (nSPS) is 32.6. The third-order valence-corrected chi connectivity index (χ3v) is 6.83. The molecule has 0 saturated carbocycles. The molecule has 0 saturated heterocycles. The Morgan fingerprint density at radius 3 is 2.23 bits per heavy atom. The van der Waals surface area contributed by atoms with Crippen LogP contribution in [0.5, 0.6) is 0 Å². The lowest BCUT2D eigenvalue weighted by atomic mass is 9.84. The molecule has 2 rings (SSSR count). The van der Waals surface area contributed by atoms with Crippen LogP contribution in [0.2, 0.25) is 0 Å². The summed E-state index contributed by atoms with van der Waals surface area (Å²) in [5, 5.41) is 2.50. The quantitative estimate of drug-likeness (QED) is 0.390. The van der Waals surface area contributed by atoms with Crippen LogP contribution in [0.15, 0.2) is 58.9 Å². The zero-order valence-corrected chi connectivity index (χ0v) is 23.9. The van der Waals surface area contributed by atoms with Crippen LogP contribution in [0.1, 0.15) is 34.1 Å². The molecule has 218 valence electrons. The fraction of sp³-hybridized carbons (Fsp3) is 0.483. The van der Waals surface area contributed by atoms with Gasteiger partial charge in [-0.2, -0.15) is 0 Å². The summed E-state index contributed by atoms with van der Waals surface area (Å²) in [5.74, 6) is -3.00. The van der Waals surface area contributed by atoms with E-state index in [0.717, 1.165) is 6.08 Å². The maximum atomic E-state index is 13.4. The van der Waals surface area contributed by atoms with Crippen LogP contribution in [0.4, 0.5) is 4.79 Å². The van der Waals surface area contributed by atoms with E-state index in [2.05, 4.69) is 5.32 Å². The average molecular weight is 559 g/mol. The van der Waals surface area contributed by atoms with Gasteiger partial charge in [-0.1, -0.05) is 38.2 Å². The highest BCUT2D eigenvalue weighted by Crippen LogP contribution is 2.27. The molecule has 1 aliphatic heterocycles. The van der Waals surface area contributed by atoms with Crippen molar-refractivity contribution in [3.63, 3.8) is 0 Å². The second-order valence-corrected chi connectivity index (χ2v) is 9.83. The first-order valence-corrected chi connectivity index (χ1v) is 12.8. The van der Waals surface area contributed by atoms with Crippen LogP contribution in [-0.2, 0) is 38.1 Å². The Morgan fingerprint density at radius 1 is 0.975 bits per heavy atom. The molecule has 11 heteroatoms. The average Bonchev–Trinajstić information content (AvgIpc) is 2.90. The lowest BCUT2D eigenvalue weighted by Crippen LogP contribution is -2.38. The highest BCUT2D eigenvalue weighted by atomic mass is 16.6. The predicted molar refractivity (Wildman–Crippen MR) is 146 cm³/mol. The number of hydrogen-bond acceptors (Lipinski definition) is 9. The van der Waals surface area contributed by atoms with Gasteiger partial charge in [0.2, 0.25) is 5.78 Å². The van der Waals surface area contributed by atoms with E-state index in [9.17, 15) is 24.0 Å². The molecule has 0 spiro atoms. The number of amides is 2. The third-order valence-electron chi connectivity index (χ3n) is 6.83. The molecule has 2 amide bonds. The van der Waals surface area contributed by atoms with Gasteiger partial charge in [-0.25, -0.2) is 4.79 Å². The molecule has 1 aliphatic carbocycles. The molecule has 0 aromatic carbocycles. The first-order chi connectivity index (χ1) is 18.8. The minimum absolute atomic E-state index is 0.0673. The van der Waals surface area contributed by atoms with Gasteiger partial charge in [0.1, 0.15) is 12.2 Å². The maximum absolute atomic E-state index is 13.4. The molecule has 0 unspecified atom stereocenters. The summed E-state index contributed by atoms with van der Waals surface area (Å²) in [4.78, 5) is 63.7. The molecule has 2 bridgehead atoms. The van der Waals surface area contributed by atoms with E-state index in [1.54, 1.807) is 32.9 Å². The number of allylic oxidation sites excluding steroid dienone is 6. The molecule has 3 N–H and O–H groups in total. The Labute approximate surface area is 234 Å². The number of ketones is 3. The number of nitrogens with two attached hydrogens (primary N) is 1. The summed E-state index contributed by atoms with van der Waals surface area (Å²) in [6.07, 6.45) is 4.06. The smallest absolute Gasteiger partial charge is 0.405 e. The molecular weight excluding hydrogens is 520 g/mol. The molecule has 0 aromatic heterocycles. The van der Waals surface area contributed by atoms with Crippen molar-refractivity contribution in [1.29, 1.82) is 0 Å². The molecule has 6 atom stereocenters. The fourth-order valence-corrected chi connectivity index (χ4v) is 4.70. The summed E-state index contributed by atoms with van der Waals surface area (Å²) in [5.41, 5.74) is 5.92. The Kier molecular flexibility index (Phi) is 11.9. The Balaban J connectivity index is 2.63.